The summed E-state index contributed by atoms with van der Waals surface area (Å²) in [6, 6.07) is 0. The predicted molar refractivity (Wildman–Crippen MR) is 77.8 cm³/mol. The van der Waals surface area contributed by atoms with Crippen molar-refractivity contribution in [1.29, 1.82) is 0 Å². The van der Waals surface area contributed by atoms with E-state index in [1.165, 1.54) is 0 Å². The summed E-state index contributed by atoms with van der Waals surface area (Å²) >= 11 is 0. The van der Waals surface area contributed by atoms with Gasteiger partial charge in [0.05, 0.1) is 13.2 Å². The molecule has 0 atom stereocenters. The van der Waals surface area contributed by atoms with E-state index in [0.29, 0.717) is 52.5 Å². The number of hydrogen-bond acceptors (Lipinski definition) is 6. The summed E-state index contributed by atoms with van der Waals surface area (Å²) in [5.74, 6) is -0.829. The van der Waals surface area contributed by atoms with Crippen molar-refractivity contribution in [2.45, 2.75) is 19.3 Å². The van der Waals surface area contributed by atoms with Gasteiger partial charge in [0.2, 0.25) is 0 Å². The summed E-state index contributed by atoms with van der Waals surface area (Å²) < 4.78 is 20.3. The monoisotopic (exact) mass is 300 g/mol. The van der Waals surface area contributed by atoms with Gasteiger partial charge in [-0.1, -0.05) is 13.2 Å². The molecule has 0 aliphatic carbocycles. The van der Waals surface area contributed by atoms with Crippen LogP contribution in [0.15, 0.2) is 25.3 Å². The molecule has 0 heterocycles. The summed E-state index contributed by atoms with van der Waals surface area (Å²) in [6.07, 6.45) is 4.39. The summed E-state index contributed by atoms with van der Waals surface area (Å²) in [4.78, 5) is 21.4. The summed E-state index contributed by atoms with van der Waals surface area (Å²) in [7, 11) is 0. The molecule has 21 heavy (non-hydrogen) atoms. The van der Waals surface area contributed by atoms with Crippen LogP contribution in [0.4, 0.5) is 0 Å². The topological polar surface area (TPSA) is 71.1 Å². The molecule has 0 bridgehead atoms. The first-order valence-corrected chi connectivity index (χ1v) is 6.94. The molecule has 0 aliphatic rings. The molecule has 0 radical (unpaired) electrons. The fraction of sp³-hybridized carbons (Fsp3) is 0.600. The lowest BCUT2D eigenvalue weighted by Crippen LogP contribution is -2.08. The summed E-state index contributed by atoms with van der Waals surface area (Å²) in [5, 5.41) is 0. The van der Waals surface area contributed by atoms with Crippen molar-refractivity contribution in [2.24, 2.45) is 0 Å². The van der Waals surface area contributed by atoms with Gasteiger partial charge in [-0.3, -0.25) is 0 Å². The average Bonchev–Trinajstić information content (AvgIpc) is 2.51. The molecular weight excluding hydrogens is 276 g/mol. The molecule has 0 N–H and O–H groups in total. The van der Waals surface area contributed by atoms with Gasteiger partial charge in [-0.25, -0.2) is 9.59 Å². The molecule has 0 amide bonds. The number of hydrogen-bond donors (Lipinski definition) is 0. The van der Waals surface area contributed by atoms with E-state index in [0.717, 1.165) is 18.6 Å². The Hall–Kier alpha value is -1.66. The van der Waals surface area contributed by atoms with E-state index in [2.05, 4.69) is 13.2 Å². The predicted octanol–water partition coefficient (Wildman–Crippen LogP) is 1.65. The van der Waals surface area contributed by atoms with Crippen LogP contribution < -0.4 is 0 Å². The zero-order valence-corrected chi connectivity index (χ0v) is 12.4. The maximum atomic E-state index is 10.7. The lowest BCUT2D eigenvalue weighted by atomic mass is 10.4. The molecule has 0 rings (SSSR count). The third-order valence-corrected chi connectivity index (χ3v) is 2.27. The zero-order chi connectivity index (χ0) is 15.8. The smallest absolute Gasteiger partial charge is 0.330 e. The van der Waals surface area contributed by atoms with E-state index >= 15 is 0 Å². The molecular formula is C15H24O6. The van der Waals surface area contributed by atoms with Crippen LogP contribution in [-0.4, -0.2) is 51.6 Å². The Morgan fingerprint density at radius 3 is 1.33 bits per heavy atom. The molecule has 0 unspecified atom stereocenters. The third kappa shape index (κ3) is 14.6. The van der Waals surface area contributed by atoms with Crippen molar-refractivity contribution >= 4 is 11.9 Å². The van der Waals surface area contributed by atoms with Gasteiger partial charge >= 0.3 is 11.9 Å². The second-order valence-electron chi connectivity index (χ2n) is 4.03. The van der Waals surface area contributed by atoms with Crippen LogP contribution in [-0.2, 0) is 28.5 Å². The highest BCUT2D eigenvalue weighted by atomic mass is 16.5. The maximum Gasteiger partial charge on any atom is 0.330 e. The fourth-order valence-electron chi connectivity index (χ4n) is 1.25. The quantitative estimate of drug-likeness (QED) is 0.276. The highest BCUT2D eigenvalue weighted by Gasteiger charge is 1.97. The van der Waals surface area contributed by atoms with Gasteiger partial charge in [-0.15, -0.1) is 0 Å². The van der Waals surface area contributed by atoms with Crippen molar-refractivity contribution in [3.8, 4) is 0 Å². The van der Waals surface area contributed by atoms with Crippen LogP contribution in [0, 0.1) is 0 Å². The Balaban J connectivity index is 3.09. The molecule has 6 heteroatoms. The van der Waals surface area contributed by atoms with Crippen LogP contribution in [0.2, 0.25) is 0 Å². The molecule has 0 aliphatic heterocycles. The lowest BCUT2D eigenvalue weighted by Gasteiger charge is -2.06. The molecule has 0 saturated carbocycles. The maximum absolute atomic E-state index is 10.7. The molecule has 0 spiro atoms. The van der Waals surface area contributed by atoms with Crippen LogP contribution in [0.1, 0.15) is 19.3 Å². The standard InChI is InChI=1S/C15H24O6/c1-3-14(16)20-12-6-10-18-8-5-9-19-11-7-13-21-15(17)4-2/h3-4H,1-2,5-13H2. The van der Waals surface area contributed by atoms with E-state index < -0.39 is 11.9 Å². The van der Waals surface area contributed by atoms with Gasteiger partial charge in [-0.05, 0) is 6.42 Å². The van der Waals surface area contributed by atoms with Crippen LogP contribution in [0.3, 0.4) is 0 Å². The SMILES string of the molecule is C=CC(=O)OCCCOCCCOCCCOC(=O)C=C. The highest BCUT2D eigenvalue weighted by molar-refractivity contribution is 5.81. The van der Waals surface area contributed by atoms with Crippen molar-refractivity contribution in [3.63, 3.8) is 0 Å². The Kier molecular flexibility index (Phi) is 13.6. The first-order valence-electron chi connectivity index (χ1n) is 6.94. The average molecular weight is 300 g/mol. The Morgan fingerprint density at radius 1 is 0.667 bits per heavy atom. The lowest BCUT2D eigenvalue weighted by molar-refractivity contribution is -0.139. The van der Waals surface area contributed by atoms with E-state index in [9.17, 15) is 9.59 Å². The minimum absolute atomic E-state index is 0.338. The molecule has 120 valence electrons. The van der Waals surface area contributed by atoms with Gasteiger partial charge < -0.3 is 18.9 Å². The van der Waals surface area contributed by atoms with E-state index in [1.807, 2.05) is 0 Å². The van der Waals surface area contributed by atoms with E-state index in [1.54, 1.807) is 0 Å². The van der Waals surface area contributed by atoms with Crippen LogP contribution in [0.5, 0.6) is 0 Å². The van der Waals surface area contributed by atoms with Gasteiger partial charge in [0.25, 0.3) is 0 Å². The number of rotatable bonds is 14. The van der Waals surface area contributed by atoms with Crippen molar-refractivity contribution < 1.29 is 28.5 Å². The van der Waals surface area contributed by atoms with Crippen molar-refractivity contribution in [2.75, 3.05) is 39.6 Å². The van der Waals surface area contributed by atoms with Crippen LogP contribution in [0.25, 0.3) is 0 Å². The van der Waals surface area contributed by atoms with E-state index in [-0.39, 0.29) is 0 Å². The summed E-state index contributed by atoms with van der Waals surface area (Å²) in [5.41, 5.74) is 0. The molecule has 0 aromatic carbocycles. The second kappa shape index (κ2) is 14.7. The largest absolute Gasteiger partial charge is 0.462 e. The Labute approximate surface area is 125 Å². The van der Waals surface area contributed by atoms with E-state index in [4.69, 9.17) is 18.9 Å². The first-order chi connectivity index (χ1) is 10.2. The van der Waals surface area contributed by atoms with Gasteiger partial charge in [0.15, 0.2) is 0 Å². The normalized spacial score (nSPS) is 9.90. The number of carbonyl (C=O) groups excluding carboxylic acids is 2. The zero-order valence-electron chi connectivity index (χ0n) is 12.4. The van der Waals surface area contributed by atoms with Crippen molar-refractivity contribution in [3.05, 3.63) is 25.3 Å². The number of esters is 2. The Bertz CT molecular complexity index is 283. The van der Waals surface area contributed by atoms with Gasteiger partial charge in [0.1, 0.15) is 0 Å². The fourth-order valence-corrected chi connectivity index (χ4v) is 1.25. The second-order valence-corrected chi connectivity index (χ2v) is 4.03. The summed E-state index contributed by atoms with van der Waals surface area (Å²) in [6.45, 7) is 9.56. The molecule has 0 saturated heterocycles. The van der Waals surface area contributed by atoms with Gasteiger partial charge in [0, 0.05) is 51.4 Å². The Morgan fingerprint density at radius 2 is 1.00 bits per heavy atom. The van der Waals surface area contributed by atoms with Crippen molar-refractivity contribution in [1.82, 2.24) is 0 Å². The highest BCUT2D eigenvalue weighted by Crippen LogP contribution is 1.92. The first kappa shape index (κ1) is 19.3. The molecule has 6 nitrogen and oxygen atoms in total. The molecule has 0 fully saturated rings. The molecule has 0 aromatic rings. The number of ether oxygens (including phenoxy) is 4. The van der Waals surface area contributed by atoms with Crippen LogP contribution >= 0.6 is 0 Å². The van der Waals surface area contributed by atoms with Gasteiger partial charge in [-0.2, -0.15) is 0 Å². The molecule has 0 aromatic heterocycles. The third-order valence-electron chi connectivity index (χ3n) is 2.27. The number of carbonyl (C=O) groups is 2. The minimum Gasteiger partial charge on any atom is -0.462 e. The minimum atomic E-state index is -0.415.